The third-order valence-electron chi connectivity index (χ3n) is 7.72. The van der Waals surface area contributed by atoms with Crippen LogP contribution in [0.2, 0.25) is 0 Å². The number of benzene rings is 1. The molecule has 198 valence electrons. The molecule has 2 amide bonds. The van der Waals surface area contributed by atoms with Crippen LogP contribution in [0.15, 0.2) is 48.8 Å². The van der Waals surface area contributed by atoms with Crippen LogP contribution in [-0.4, -0.2) is 41.5 Å². The largest absolute Gasteiger partial charge is 0.381 e. The Morgan fingerprint density at radius 2 is 2.03 bits per heavy atom. The molecule has 7 nitrogen and oxygen atoms in total. The molecule has 0 aliphatic carbocycles. The Morgan fingerprint density at radius 1 is 1.24 bits per heavy atom. The van der Waals surface area contributed by atoms with Gasteiger partial charge in [-0.2, -0.15) is 8.78 Å². The van der Waals surface area contributed by atoms with Crippen molar-refractivity contribution in [3.63, 3.8) is 0 Å². The minimum absolute atomic E-state index is 0.0449. The topological polar surface area (TPSA) is 84.4 Å². The van der Waals surface area contributed by atoms with Gasteiger partial charge in [-0.25, -0.2) is 4.98 Å². The molecule has 1 fully saturated rings. The molecule has 0 saturated carbocycles. The number of hydrogen-bond donors (Lipinski definition) is 1. The Morgan fingerprint density at radius 3 is 2.76 bits per heavy atom. The lowest BCUT2D eigenvalue weighted by Crippen LogP contribution is -2.55. The third-order valence-corrected chi connectivity index (χ3v) is 7.72. The average Bonchev–Trinajstić information content (AvgIpc) is 2.89. The second kappa shape index (κ2) is 9.54. The molecule has 0 unspecified atom stereocenters. The Kier molecular flexibility index (Phi) is 6.51. The summed E-state index contributed by atoms with van der Waals surface area (Å²) in [6, 6.07) is 10.1. The Labute approximate surface area is 220 Å². The van der Waals surface area contributed by atoms with Gasteiger partial charge in [0, 0.05) is 60.3 Å². The number of halogens is 2. The minimum Gasteiger partial charge on any atom is -0.381 e. The van der Waals surface area contributed by atoms with E-state index in [-0.39, 0.29) is 22.8 Å². The predicted octanol–water partition coefficient (Wildman–Crippen LogP) is 5.48. The smallest absolute Gasteiger partial charge is 0.286 e. The van der Waals surface area contributed by atoms with Crippen molar-refractivity contribution < 1.29 is 23.1 Å². The second-order valence-electron chi connectivity index (χ2n) is 10.3. The quantitative estimate of drug-likeness (QED) is 0.482. The maximum Gasteiger partial charge on any atom is 0.286 e. The van der Waals surface area contributed by atoms with E-state index >= 15 is 0 Å². The van der Waals surface area contributed by atoms with Gasteiger partial charge < -0.3 is 10.1 Å². The molecule has 0 spiro atoms. The maximum absolute atomic E-state index is 13.7. The van der Waals surface area contributed by atoms with Gasteiger partial charge in [0.25, 0.3) is 11.8 Å². The minimum atomic E-state index is -3.15. The first-order valence-electron chi connectivity index (χ1n) is 12.7. The molecule has 38 heavy (non-hydrogen) atoms. The molecule has 1 saturated heterocycles. The van der Waals surface area contributed by atoms with E-state index in [1.807, 2.05) is 26.0 Å². The zero-order valence-electron chi connectivity index (χ0n) is 21.8. The monoisotopic (exact) mass is 520 g/mol. The van der Waals surface area contributed by atoms with Crippen LogP contribution in [0.3, 0.4) is 0 Å². The summed E-state index contributed by atoms with van der Waals surface area (Å²) >= 11 is 0. The number of carbonyl (C=O) groups excluding carboxylic acids is 2. The number of anilines is 2. The molecule has 2 aliphatic heterocycles. The van der Waals surface area contributed by atoms with Crippen molar-refractivity contribution in [2.75, 3.05) is 30.0 Å². The molecular weight excluding hydrogens is 490 g/mol. The van der Waals surface area contributed by atoms with Crippen molar-refractivity contribution in [3.05, 3.63) is 71.2 Å². The number of amides is 2. The van der Waals surface area contributed by atoms with Crippen molar-refractivity contribution in [1.82, 2.24) is 9.97 Å². The predicted molar refractivity (Wildman–Crippen MR) is 140 cm³/mol. The number of alkyl halides is 2. The van der Waals surface area contributed by atoms with E-state index in [1.165, 1.54) is 12.3 Å². The van der Waals surface area contributed by atoms with Crippen LogP contribution in [0.4, 0.5) is 20.3 Å². The van der Waals surface area contributed by atoms with Gasteiger partial charge in [-0.3, -0.25) is 19.5 Å². The first-order chi connectivity index (χ1) is 18.0. The van der Waals surface area contributed by atoms with Crippen molar-refractivity contribution >= 4 is 23.3 Å². The number of nitrogens with zero attached hydrogens (tertiary/aromatic N) is 3. The molecule has 2 atom stereocenters. The van der Waals surface area contributed by atoms with Gasteiger partial charge in [-0.05, 0) is 61.7 Å². The lowest BCUT2D eigenvalue weighted by Gasteiger charge is -2.47. The number of aryl methyl sites for hydroxylation is 1. The molecular formula is C29H30F2N4O3. The summed E-state index contributed by atoms with van der Waals surface area (Å²) in [5.74, 6) is -3.20. The SMILES string of the molecule is CCN1C(=O)[C@H]2COCC[C@]2(C)c2cc(-c3cc(NC(=O)c4ccnc(C(C)(F)F)c4)ccc3C)cnc21. The fraction of sp³-hybridized carbons (Fsp3) is 0.379. The molecule has 2 aliphatic rings. The van der Waals surface area contributed by atoms with E-state index in [2.05, 4.69) is 23.3 Å². The Balaban J connectivity index is 1.50. The molecule has 1 N–H and O–H groups in total. The van der Waals surface area contributed by atoms with E-state index in [0.717, 1.165) is 41.7 Å². The Bertz CT molecular complexity index is 1420. The fourth-order valence-electron chi connectivity index (χ4n) is 5.37. The number of pyridine rings is 2. The van der Waals surface area contributed by atoms with Gasteiger partial charge in [-0.15, -0.1) is 0 Å². The number of fused-ring (bicyclic) bond motifs is 3. The molecule has 0 bridgehead atoms. The average molecular weight is 521 g/mol. The van der Waals surface area contributed by atoms with E-state index in [1.54, 1.807) is 17.2 Å². The molecule has 3 aromatic rings. The highest BCUT2D eigenvalue weighted by atomic mass is 19.3. The van der Waals surface area contributed by atoms with E-state index in [0.29, 0.717) is 31.3 Å². The normalized spacial score (nSPS) is 21.1. The van der Waals surface area contributed by atoms with Crippen molar-refractivity contribution in [1.29, 1.82) is 0 Å². The highest BCUT2D eigenvalue weighted by Gasteiger charge is 2.50. The van der Waals surface area contributed by atoms with Gasteiger partial charge in [0.15, 0.2) is 0 Å². The summed E-state index contributed by atoms with van der Waals surface area (Å²) in [4.78, 5) is 36.3. The zero-order valence-corrected chi connectivity index (χ0v) is 21.8. The van der Waals surface area contributed by atoms with Gasteiger partial charge in [0.05, 0.1) is 12.5 Å². The number of aromatic nitrogens is 2. The molecule has 1 aromatic carbocycles. The summed E-state index contributed by atoms with van der Waals surface area (Å²) in [6.07, 6.45) is 3.68. The summed E-state index contributed by atoms with van der Waals surface area (Å²) in [5, 5.41) is 2.81. The highest BCUT2D eigenvalue weighted by Crippen LogP contribution is 2.48. The first kappa shape index (κ1) is 25.9. The zero-order chi connectivity index (χ0) is 27.2. The van der Waals surface area contributed by atoms with Crippen molar-refractivity contribution in [3.8, 4) is 11.1 Å². The van der Waals surface area contributed by atoms with Crippen LogP contribution in [0, 0.1) is 12.8 Å². The van der Waals surface area contributed by atoms with Gasteiger partial charge in [0.1, 0.15) is 11.5 Å². The lowest BCUT2D eigenvalue weighted by molar-refractivity contribution is -0.131. The number of carbonyl (C=O) groups is 2. The molecule has 5 rings (SSSR count). The van der Waals surface area contributed by atoms with Crippen LogP contribution in [0.5, 0.6) is 0 Å². The van der Waals surface area contributed by atoms with E-state index in [9.17, 15) is 18.4 Å². The van der Waals surface area contributed by atoms with Crippen LogP contribution in [0.25, 0.3) is 11.1 Å². The van der Waals surface area contributed by atoms with Crippen LogP contribution in [-0.2, 0) is 20.9 Å². The second-order valence-corrected chi connectivity index (χ2v) is 10.3. The summed E-state index contributed by atoms with van der Waals surface area (Å²) in [6.45, 7) is 8.25. The van der Waals surface area contributed by atoms with Gasteiger partial charge >= 0.3 is 0 Å². The first-order valence-corrected chi connectivity index (χ1v) is 12.7. The maximum atomic E-state index is 13.7. The van der Waals surface area contributed by atoms with E-state index in [4.69, 9.17) is 9.72 Å². The number of ether oxygens (including phenoxy) is 1. The van der Waals surface area contributed by atoms with Crippen LogP contribution < -0.4 is 10.2 Å². The number of rotatable bonds is 5. The van der Waals surface area contributed by atoms with Crippen molar-refractivity contribution in [2.45, 2.75) is 45.5 Å². The Hall–Kier alpha value is -3.72. The summed E-state index contributed by atoms with van der Waals surface area (Å²) < 4.78 is 33.1. The molecule has 4 heterocycles. The number of hydrogen-bond acceptors (Lipinski definition) is 5. The van der Waals surface area contributed by atoms with Gasteiger partial charge in [-0.1, -0.05) is 13.0 Å². The standard InChI is InChI=1S/C29H30F2N4O3/c1-5-35-25-22(28(3)9-11-38-16-23(28)27(35)37)12-19(15-33-25)21-14-20(7-6-17(21)2)34-26(36)18-8-10-32-24(13-18)29(4,30)31/h6-8,10,12-15,23H,5,9,11,16H2,1-4H3,(H,34,36)/t23-,28-/m1/s1. The number of nitrogens with one attached hydrogen (secondary N) is 1. The molecule has 2 aromatic heterocycles. The third kappa shape index (κ3) is 4.45. The van der Waals surface area contributed by atoms with Crippen LogP contribution >= 0.6 is 0 Å². The van der Waals surface area contributed by atoms with Gasteiger partial charge in [0.2, 0.25) is 5.91 Å². The fourth-order valence-corrected chi connectivity index (χ4v) is 5.37. The summed E-state index contributed by atoms with van der Waals surface area (Å²) in [5.41, 5.74) is 3.51. The molecule has 9 heteroatoms. The molecule has 0 radical (unpaired) electrons. The highest BCUT2D eigenvalue weighted by molar-refractivity contribution is 6.04. The van der Waals surface area contributed by atoms with Crippen molar-refractivity contribution in [2.24, 2.45) is 5.92 Å². The lowest BCUT2D eigenvalue weighted by atomic mass is 9.66. The van der Waals surface area contributed by atoms with Crippen LogP contribution in [0.1, 0.15) is 54.4 Å². The van der Waals surface area contributed by atoms with E-state index < -0.39 is 17.5 Å². The summed E-state index contributed by atoms with van der Waals surface area (Å²) in [7, 11) is 0.